The summed E-state index contributed by atoms with van der Waals surface area (Å²) in [5.41, 5.74) is 2.84. The number of halogens is 3. The zero-order valence-corrected chi connectivity index (χ0v) is 18.1. The van der Waals surface area contributed by atoms with Crippen LogP contribution in [0.15, 0.2) is 42.5 Å². The number of carbonyl (C=O) groups excluding carboxylic acids is 1. The number of hydrogen-bond acceptors (Lipinski definition) is 2. The molecule has 0 aromatic heterocycles. The van der Waals surface area contributed by atoms with Gasteiger partial charge in [0.15, 0.2) is 5.78 Å². The van der Waals surface area contributed by atoms with E-state index in [1.165, 1.54) is 17.7 Å². The van der Waals surface area contributed by atoms with Crippen molar-refractivity contribution in [1.29, 1.82) is 0 Å². The molecule has 2 aromatic rings. The molecular formula is C24H30ClF2NO. The van der Waals surface area contributed by atoms with Crippen LogP contribution in [0.2, 0.25) is 0 Å². The molecule has 1 aliphatic rings. The summed E-state index contributed by atoms with van der Waals surface area (Å²) in [4.78, 5) is 15.1. The smallest absolute Gasteiger partial charge is 0.179 e. The number of hydrogen-bond donors (Lipinski definition) is 0. The molecule has 29 heavy (non-hydrogen) atoms. The fourth-order valence-electron chi connectivity index (χ4n) is 4.61. The monoisotopic (exact) mass is 421 g/mol. The van der Waals surface area contributed by atoms with Gasteiger partial charge in [-0.25, -0.2) is 8.78 Å². The van der Waals surface area contributed by atoms with Crippen molar-refractivity contribution in [2.45, 2.75) is 64.0 Å². The Morgan fingerprint density at radius 2 is 1.62 bits per heavy atom. The van der Waals surface area contributed by atoms with Gasteiger partial charge in [0.1, 0.15) is 11.6 Å². The number of carbonyl (C=O) groups is 1. The molecule has 1 fully saturated rings. The Bertz CT molecular complexity index is 816. The molecule has 0 radical (unpaired) electrons. The summed E-state index contributed by atoms with van der Waals surface area (Å²) in [6.07, 6.45) is 4.85. The van der Waals surface area contributed by atoms with Gasteiger partial charge < -0.3 is 0 Å². The Morgan fingerprint density at radius 1 is 1.03 bits per heavy atom. The van der Waals surface area contributed by atoms with Gasteiger partial charge in [-0.05, 0) is 99.5 Å². The van der Waals surface area contributed by atoms with E-state index in [0.717, 1.165) is 37.7 Å². The Hall–Kier alpha value is -1.78. The number of benzene rings is 2. The third-order valence-electron chi connectivity index (χ3n) is 6.25. The van der Waals surface area contributed by atoms with Gasteiger partial charge in [-0.15, -0.1) is 12.4 Å². The average Bonchev–Trinajstić information content (AvgIpc) is 2.69. The van der Waals surface area contributed by atoms with Crippen molar-refractivity contribution in [3.05, 3.63) is 70.8 Å². The summed E-state index contributed by atoms with van der Waals surface area (Å²) >= 11 is 0. The number of nitrogens with zero attached hydrogens (tertiary/aromatic N) is 1. The molecular weight excluding hydrogens is 392 g/mol. The number of rotatable bonds is 6. The summed E-state index contributed by atoms with van der Waals surface area (Å²) < 4.78 is 26.6. The van der Waals surface area contributed by atoms with E-state index >= 15 is 0 Å². The van der Waals surface area contributed by atoms with Crippen LogP contribution in [0.3, 0.4) is 0 Å². The average molecular weight is 422 g/mol. The molecule has 3 rings (SSSR count). The second kappa shape index (κ2) is 10.3. The van der Waals surface area contributed by atoms with Crippen molar-refractivity contribution in [3.63, 3.8) is 0 Å². The van der Waals surface area contributed by atoms with Gasteiger partial charge in [-0.2, -0.15) is 0 Å². The van der Waals surface area contributed by atoms with E-state index in [-0.39, 0.29) is 35.9 Å². The highest BCUT2D eigenvalue weighted by molar-refractivity contribution is 6.00. The lowest BCUT2D eigenvalue weighted by Gasteiger charge is -2.38. The predicted octanol–water partition coefficient (Wildman–Crippen LogP) is 6.31. The quantitative estimate of drug-likeness (QED) is 0.509. The molecule has 0 heterocycles. The minimum Gasteiger partial charge on any atom is -0.293 e. The maximum absolute atomic E-state index is 13.4. The summed E-state index contributed by atoms with van der Waals surface area (Å²) in [5.74, 6) is 0.00625. The van der Waals surface area contributed by atoms with Crippen LogP contribution in [0, 0.1) is 18.6 Å². The standard InChI is InChI=1S/C24H29F2NO.ClH/c1-4-23(24(28)18-5-9-19(25)10-6-18)27(3)21-12-7-17(8-13-21)22-14-11-20(26)15-16(22)2;/h5-6,9-11,14-15,17,21,23H,4,7-8,12-13H2,1-3H3;1H. The van der Waals surface area contributed by atoms with Crippen molar-refractivity contribution in [3.8, 4) is 0 Å². The van der Waals surface area contributed by atoms with Crippen molar-refractivity contribution in [2.24, 2.45) is 0 Å². The zero-order chi connectivity index (χ0) is 20.3. The van der Waals surface area contributed by atoms with Crippen LogP contribution in [-0.2, 0) is 0 Å². The molecule has 1 unspecified atom stereocenters. The van der Waals surface area contributed by atoms with Gasteiger partial charge in [0.25, 0.3) is 0 Å². The van der Waals surface area contributed by atoms with Crippen LogP contribution in [0.25, 0.3) is 0 Å². The lowest BCUT2D eigenvalue weighted by molar-refractivity contribution is 0.0733. The number of ketones is 1. The van der Waals surface area contributed by atoms with Crippen LogP contribution >= 0.6 is 12.4 Å². The molecule has 1 atom stereocenters. The fraction of sp³-hybridized carbons (Fsp3) is 0.458. The molecule has 2 aromatic carbocycles. The number of aryl methyl sites for hydroxylation is 1. The first kappa shape index (κ1) is 23.5. The largest absolute Gasteiger partial charge is 0.293 e. The molecule has 0 saturated heterocycles. The van der Waals surface area contributed by atoms with Crippen molar-refractivity contribution >= 4 is 18.2 Å². The second-order valence-electron chi connectivity index (χ2n) is 7.97. The van der Waals surface area contributed by atoms with Gasteiger partial charge >= 0.3 is 0 Å². The zero-order valence-electron chi connectivity index (χ0n) is 17.3. The van der Waals surface area contributed by atoms with Crippen LogP contribution < -0.4 is 0 Å². The van der Waals surface area contributed by atoms with E-state index in [1.807, 2.05) is 27.0 Å². The Balaban J connectivity index is 0.00000300. The highest BCUT2D eigenvalue weighted by Crippen LogP contribution is 2.36. The van der Waals surface area contributed by atoms with E-state index in [2.05, 4.69) is 4.90 Å². The summed E-state index contributed by atoms with van der Waals surface area (Å²) in [6.45, 7) is 4.00. The van der Waals surface area contributed by atoms with E-state index < -0.39 is 0 Å². The molecule has 0 spiro atoms. The molecule has 1 saturated carbocycles. The van der Waals surface area contributed by atoms with Crippen molar-refractivity contribution < 1.29 is 13.6 Å². The maximum Gasteiger partial charge on any atom is 0.179 e. The van der Waals surface area contributed by atoms with Crippen molar-refractivity contribution in [1.82, 2.24) is 4.90 Å². The summed E-state index contributed by atoms with van der Waals surface area (Å²) in [6, 6.07) is 11.1. The lowest BCUT2D eigenvalue weighted by atomic mass is 9.79. The molecule has 158 valence electrons. The molecule has 0 amide bonds. The number of likely N-dealkylation sites (N-methyl/N-ethyl adjacent to an activating group) is 1. The lowest BCUT2D eigenvalue weighted by Crippen LogP contribution is -2.45. The van der Waals surface area contributed by atoms with E-state index in [1.54, 1.807) is 24.3 Å². The minimum absolute atomic E-state index is 0. The molecule has 1 aliphatic carbocycles. The van der Waals surface area contributed by atoms with Gasteiger partial charge in [0.05, 0.1) is 6.04 Å². The Labute approximate surface area is 178 Å². The fourth-order valence-corrected chi connectivity index (χ4v) is 4.61. The van der Waals surface area contributed by atoms with Crippen LogP contribution in [0.4, 0.5) is 8.78 Å². The maximum atomic E-state index is 13.4. The topological polar surface area (TPSA) is 20.3 Å². The first-order chi connectivity index (χ1) is 13.4. The Kier molecular flexibility index (Phi) is 8.35. The van der Waals surface area contributed by atoms with Crippen molar-refractivity contribution in [2.75, 3.05) is 7.05 Å². The first-order valence-corrected chi connectivity index (χ1v) is 10.2. The highest BCUT2D eigenvalue weighted by atomic mass is 35.5. The summed E-state index contributed by atoms with van der Waals surface area (Å²) in [7, 11) is 2.03. The normalized spacial score (nSPS) is 20.2. The van der Waals surface area contributed by atoms with Gasteiger partial charge in [0.2, 0.25) is 0 Å². The van der Waals surface area contributed by atoms with E-state index in [9.17, 15) is 13.6 Å². The van der Waals surface area contributed by atoms with E-state index in [4.69, 9.17) is 0 Å². The van der Waals surface area contributed by atoms with Crippen LogP contribution in [0.5, 0.6) is 0 Å². The third-order valence-corrected chi connectivity index (χ3v) is 6.25. The van der Waals surface area contributed by atoms with E-state index in [0.29, 0.717) is 17.5 Å². The number of Topliss-reactive ketones (excluding diaryl/α,β-unsaturated/α-hetero) is 1. The molecule has 2 nitrogen and oxygen atoms in total. The molecule has 5 heteroatoms. The Morgan fingerprint density at radius 3 is 2.17 bits per heavy atom. The van der Waals surface area contributed by atoms with Crippen LogP contribution in [-0.4, -0.2) is 29.8 Å². The van der Waals surface area contributed by atoms with Gasteiger partial charge in [0, 0.05) is 11.6 Å². The SMILES string of the molecule is CCC(C(=O)c1ccc(F)cc1)N(C)C1CCC(c2ccc(F)cc2C)CC1.Cl. The van der Waals surface area contributed by atoms with Gasteiger partial charge in [-0.3, -0.25) is 9.69 Å². The highest BCUT2D eigenvalue weighted by Gasteiger charge is 2.31. The molecule has 0 bridgehead atoms. The summed E-state index contributed by atoms with van der Waals surface area (Å²) in [5, 5.41) is 0. The van der Waals surface area contributed by atoms with Crippen LogP contribution in [0.1, 0.15) is 66.4 Å². The third kappa shape index (κ3) is 5.43. The van der Waals surface area contributed by atoms with Gasteiger partial charge in [-0.1, -0.05) is 13.0 Å². The predicted molar refractivity (Wildman–Crippen MR) is 116 cm³/mol. The molecule has 0 aliphatic heterocycles. The second-order valence-corrected chi connectivity index (χ2v) is 7.97. The molecule has 0 N–H and O–H groups in total. The first-order valence-electron chi connectivity index (χ1n) is 10.2. The minimum atomic E-state index is -0.327.